The van der Waals surface area contributed by atoms with E-state index in [0.717, 1.165) is 5.56 Å². The van der Waals surface area contributed by atoms with Gasteiger partial charge in [-0.2, -0.15) is 0 Å². The van der Waals surface area contributed by atoms with Crippen molar-refractivity contribution in [3.05, 3.63) is 64.7 Å². The van der Waals surface area contributed by atoms with Crippen molar-refractivity contribution in [2.45, 2.75) is 13.3 Å². The molecule has 22 heavy (non-hydrogen) atoms. The molecule has 4 nitrogen and oxygen atoms in total. The second kappa shape index (κ2) is 7.61. The molecule has 2 rings (SSSR count). The summed E-state index contributed by atoms with van der Waals surface area (Å²) in [5, 5.41) is 5.93. The zero-order chi connectivity index (χ0) is 15.9. The van der Waals surface area contributed by atoms with E-state index >= 15 is 0 Å². The largest absolute Gasteiger partial charge is 0.337 e. The number of urea groups is 1. The van der Waals surface area contributed by atoms with Gasteiger partial charge in [0.05, 0.1) is 0 Å². The van der Waals surface area contributed by atoms with E-state index < -0.39 is 0 Å². The van der Waals surface area contributed by atoms with Crippen molar-refractivity contribution in [2.24, 2.45) is 0 Å². The third-order valence-electron chi connectivity index (χ3n) is 3.11. The number of rotatable bonds is 5. The van der Waals surface area contributed by atoms with Crippen LogP contribution in [0.5, 0.6) is 0 Å². The lowest BCUT2D eigenvalue weighted by Crippen LogP contribution is -2.30. The van der Waals surface area contributed by atoms with Crippen LogP contribution >= 0.6 is 11.6 Å². The number of ketones is 1. The van der Waals surface area contributed by atoms with E-state index in [4.69, 9.17) is 11.6 Å². The van der Waals surface area contributed by atoms with E-state index in [-0.39, 0.29) is 24.8 Å². The molecule has 0 aliphatic rings. The van der Waals surface area contributed by atoms with Crippen molar-refractivity contribution in [2.75, 3.05) is 11.9 Å². The maximum atomic E-state index is 11.9. The number of benzene rings is 2. The average molecular weight is 317 g/mol. The molecule has 2 N–H and O–H groups in total. The number of anilines is 1. The second-order valence-electron chi connectivity index (χ2n) is 4.93. The summed E-state index contributed by atoms with van der Waals surface area (Å²) in [6, 6.07) is 13.8. The van der Waals surface area contributed by atoms with Gasteiger partial charge in [0.1, 0.15) is 0 Å². The molecule has 0 heterocycles. The minimum absolute atomic E-state index is 0.00629. The predicted octanol–water partition coefficient (Wildman–Crippen LogP) is 4.04. The van der Waals surface area contributed by atoms with Crippen LogP contribution in [0.25, 0.3) is 0 Å². The number of carbonyl (C=O) groups excluding carboxylic acids is 2. The first kappa shape index (κ1) is 16.0. The first-order valence-electron chi connectivity index (χ1n) is 6.95. The van der Waals surface area contributed by atoms with Gasteiger partial charge in [-0.15, -0.1) is 0 Å². The van der Waals surface area contributed by atoms with Crippen molar-refractivity contribution in [3.8, 4) is 0 Å². The lowest BCUT2D eigenvalue weighted by atomic mass is 10.1. The predicted molar refractivity (Wildman–Crippen MR) is 88.6 cm³/mol. The van der Waals surface area contributed by atoms with Crippen LogP contribution in [0, 0.1) is 6.92 Å². The molecule has 0 saturated heterocycles. The number of halogens is 1. The zero-order valence-electron chi connectivity index (χ0n) is 12.2. The van der Waals surface area contributed by atoms with Crippen LogP contribution < -0.4 is 10.6 Å². The SMILES string of the molecule is Cc1ccc(C(=O)CCNC(=O)Nc2ccc(Cl)cc2)cc1. The smallest absolute Gasteiger partial charge is 0.319 e. The zero-order valence-corrected chi connectivity index (χ0v) is 13.0. The Balaban J connectivity index is 1.75. The summed E-state index contributed by atoms with van der Waals surface area (Å²) in [5.74, 6) is 0.00629. The summed E-state index contributed by atoms with van der Waals surface area (Å²) in [6.45, 7) is 2.25. The highest BCUT2D eigenvalue weighted by Crippen LogP contribution is 2.13. The van der Waals surface area contributed by atoms with E-state index in [0.29, 0.717) is 16.3 Å². The number of hydrogen-bond donors (Lipinski definition) is 2. The second-order valence-corrected chi connectivity index (χ2v) is 5.36. The summed E-state index contributed by atoms with van der Waals surface area (Å²) in [7, 11) is 0. The lowest BCUT2D eigenvalue weighted by Gasteiger charge is -2.07. The van der Waals surface area contributed by atoms with E-state index in [1.54, 1.807) is 36.4 Å². The maximum Gasteiger partial charge on any atom is 0.319 e. The summed E-state index contributed by atoms with van der Waals surface area (Å²) in [4.78, 5) is 23.6. The molecule has 0 saturated carbocycles. The van der Waals surface area contributed by atoms with E-state index in [1.807, 2.05) is 19.1 Å². The summed E-state index contributed by atoms with van der Waals surface area (Å²) in [6.07, 6.45) is 0.261. The van der Waals surface area contributed by atoms with Gasteiger partial charge in [0, 0.05) is 29.2 Å². The Hall–Kier alpha value is -2.33. The first-order chi connectivity index (χ1) is 10.5. The molecule has 0 bridgehead atoms. The molecular formula is C17H17ClN2O2. The Labute approximate surface area is 134 Å². The van der Waals surface area contributed by atoms with Gasteiger partial charge >= 0.3 is 6.03 Å². The van der Waals surface area contributed by atoms with Crippen molar-refractivity contribution in [1.29, 1.82) is 0 Å². The van der Waals surface area contributed by atoms with Gasteiger partial charge in [0.15, 0.2) is 5.78 Å². The number of carbonyl (C=O) groups is 2. The van der Waals surface area contributed by atoms with Crippen molar-refractivity contribution in [1.82, 2.24) is 5.32 Å². The Morgan fingerprint density at radius 3 is 2.27 bits per heavy atom. The van der Waals surface area contributed by atoms with Crippen LogP contribution in [0.3, 0.4) is 0 Å². The number of nitrogens with one attached hydrogen (secondary N) is 2. The van der Waals surface area contributed by atoms with Gasteiger partial charge in [0.25, 0.3) is 0 Å². The van der Waals surface area contributed by atoms with Gasteiger partial charge in [-0.3, -0.25) is 4.79 Å². The fourth-order valence-corrected chi connectivity index (χ4v) is 2.01. The van der Waals surface area contributed by atoms with Crippen molar-refractivity contribution in [3.63, 3.8) is 0 Å². The molecule has 0 aromatic heterocycles. The molecule has 0 atom stereocenters. The topological polar surface area (TPSA) is 58.2 Å². The van der Waals surface area contributed by atoms with Crippen LogP contribution in [0.4, 0.5) is 10.5 Å². The highest BCUT2D eigenvalue weighted by molar-refractivity contribution is 6.30. The average Bonchev–Trinajstić information content (AvgIpc) is 2.50. The fraction of sp³-hybridized carbons (Fsp3) is 0.176. The maximum absolute atomic E-state index is 11.9. The van der Waals surface area contributed by atoms with Gasteiger partial charge in [-0.25, -0.2) is 4.79 Å². The molecule has 0 unspecified atom stereocenters. The molecule has 5 heteroatoms. The Bertz CT molecular complexity index is 651. The lowest BCUT2D eigenvalue weighted by molar-refractivity contribution is 0.0984. The van der Waals surface area contributed by atoms with Gasteiger partial charge < -0.3 is 10.6 Å². The normalized spacial score (nSPS) is 10.1. The molecule has 2 aromatic rings. The number of Topliss-reactive ketones (excluding diaryl/α,β-unsaturated/α-hetero) is 1. The highest BCUT2D eigenvalue weighted by Gasteiger charge is 2.07. The molecule has 0 aliphatic carbocycles. The van der Waals surface area contributed by atoms with E-state index in [1.165, 1.54) is 0 Å². The Kier molecular flexibility index (Phi) is 5.55. The standard InChI is InChI=1S/C17H17ClN2O2/c1-12-2-4-13(5-3-12)16(21)10-11-19-17(22)20-15-8-6-14(18)7-9-15/h2-9H,10-11H2,1H3,(H2,19,20,22). The van der Waals surface area contributed by atoms with Gasteiger partial charge in [-0.05, 0) is 31.2 Å². The highest BCUT2D eigenvalue weighted by atomic mass is 35.5. The van der Waals surface area contributed by atoms with E-state index in [2.05, 4.69) is 10.6 Å². The Morgan fingerprint density at radius 1 is 1.00 bits per heavy atom. The van der Waals surface area contributed by atoms with Gasteiger partial charge in [0.2, 0.25) is 0 Å². The molecule has 0 fully saturated rings. The molecule has 0 aliphatic heterocycles. The van der Waals surface area contributed by atoms with E-state index in [9.17, 15) is 9.59 Å². The van der Waals surface area contributed by atoms with Crippen molar-refractivity contribution < 1.29 is 9.59 Å². The third-order valence-corrected chi connectivity index (χ3v) is 3.37. The number of amides is 2. The number of hydrogen-bond acceptors (Lipinski definition) is 2. The van der Waals surface area contributed by atoms with Crippen molar-refractivity contribution >= 4 is 29.1 Å². The van der Waals surface area contributed by atoms with Crippen LogP contribution in [0.15, 0.2) is 48.5 Å². The van der Waals surface area contributed by atoms with Gasteiger partial charge in [-0.1, -0.05) is 41.4 Å². The van der Waals surface area contributed by atoms with Crippen LogP contribution in [-0.2, 0) is 0 Å². The fourth-order valence-electron chi connectivity index (χ4n) is 1.88. The minimum atomic E-state index is -0.348. The molecule has 0 spiro atoms. The summed E-state index contributed by atoms with van der Waals surface area (Å²) in [5.41, 5.74) is 2.41. The molecule has 0 radical (unpaired) electrons. The summed E-state index contributed by atoms with van der Waals surface area (Å²) >= 11 is 5.77. The summed E-state index contributed by atoms with van der Waals surface area (Å²) < 4.78 is 0. The monoisotopic (exact) mass is 316 g/mol. The Morgan fingerprint density at radius 2 is 1.64 bits per heavy atom. The molecular weight excluding hydrogens is 300 g/mol. The third kappa shape index (κ3) is 4.90. The van der Waals surface area contributed by atoms with Crippen LogP contribution in [0.2, 0.25) is 5.02 Å². The van der Waals surface area contributed by atoms with Crippen LogP contribution in [0.1, 0.15) is 22.3 Å². The number of aryl methyl sites for hydroxylation is 1. The molecule has 2 amide bonds. The molecule has 2 aromatic carbocycles. The van der Waals surface area contributed by atoms with Crippen LogP contribution in [-0.4, -0.2) is 18.4 Å². The minimum Gasteiger partial charge on any atom is -0.337 e. The molecule has 114 valence electrons. The quantitative estimate of drug-likeness (QED) is 0.818. The first-order valence-corrected chi connectivity index (χ1v) is 7.33.